The first-order chi connectivity index (χ1) is 6.49. The predicted molar refractivity (Wildman–Crippen MR) is 49.8 cm³/mol. The molecule has 5 heteroatoms. The number of carboxylic acids is 1. The van der Waals surface area contributed by atoms with E-state index in [0.717, 1.165) is 0 Å². The fourth-order valence-corrected chi connectivity index (χ4v) is 1.12. The van der Waals surface area contributed by atoms with Gasteiger partial charge in [-0.05, 0) is 13.0 Å². The Bertz CT molecular complexity index is 350. The second kappa shape index (κ2) is 3.73. The van der Waals surface area contributed by atoms with Crippen LogP contribution in [0.2, 0.25) is 0 Å². The molecule has 0 saturated heterocycles. The van der Waals surface area contributed by atoms with Crippen LogP contribution in [0, 0.1) is 0 Å². The number of hydrogen-bond acceptors (Lipinski definition) is 4. The van der Waals surface area contributed by atoms with E-state index in [1.54, 1.807) is 6.92 Å². The number of nitrogens with two attached hydrogens (primary N) is 1. The fourth-order valence-electron chi connectivity index (χ4n) is 1.12. The zero-order valence-corrected chi connectivity index (χ0v) is 7.77. The van der Waals surface area contributed by atoms with Crippen LogP contribution in [0.3, 0.4) is 0 Å². The van der Waals surface area contributed by atoms with Crippen molar-refractivity contribution in [1.82, 2.24) is 4.98 Å². The van der Waals surface area contributed by atoms with Gasteiger partial charge in [-0.1, -0.05) is 0 Å². The largest absolute Gasteiger partial charge is 0.478 e. The van der Waals surface area contributed by atoms with Crippen molar-refractivity contribution < 1.29 is 15.0 Å². The van der Waals surface area contributed by atoms with Gasteiger partial charge in [-0.25, -0.2) is 4.79 Å². The van der Waals surface area contributed by atoms with Gasteiger partial charge >= 0.3 is 5.97 Å². The Kier molecular flexibility index (Phi) is 2.83. The zero-order chi connectivity index (χ0) is 10.8. The van der Waals surface area contributed by atoms with Gasteiger partial charge in [0.25, 0.3) is 0 Å². The van der Waals surface area contributed by atoms with Gasteiger partial charge in [0.2, 0.25) is 0 Å². The average Bonchev–Trinajstić information content (AvgIpc) is 2.18. The Morgan fingerprint density at radius 2 is 2.36 bits per heavy atom. The lowest BCUT2D eigenvalue weighted by Gasteiger charge is -2.23. The number of aliphatic hydroxyl groups excluding tert-OH is 1. The summed E-state index contributed by atoms with van der Waals surface area (Å²) in [6.45, 7) is 1.22. The van der Waals surface area contributed by atoms with Crippen LogP contribution in [0.15, 0.2) is 18.5 Å². The molecule has 4 N–H and O–H groups in total. The molecule has 1 atom stereocenters. The summed E-state index contributed by atoms with van der Waals surface area (Å²) in [5.41, 5.74) is 5.04. The van der Waals surface area contributed by atoms with E-state index in [2.05, 4.69) is 4.98 Å². The van der Waals surface area contributed by atoms with Gasteiger partial charge in [0.1, 0.15) is 0 Å². The van der Waals surface area contributed by atoms with Crippen molar-refractivity contribution in [3.8, 4) is 0 Å². The Balaban J connectivity index is 3.27. The summed E-state index contributed by atoms with van der Waals surface area (Å²) in [5, 5.41) is 17.9. The molecule has 0 aromatic carbocycles. The molecular weight excluding hydrogens is 184 g/mol. The van der Waals surface area contributed by atoms with Crippen LogP contribution < -0.4 is 5.73 Å². The minimum atomic E-state index is -1.08. The van der Waals surface area contributed by atoms with Crippen LogP contribution in [0.1, 0.15) is 22.8 Å². The summed E-state index contributed by atoms with van der Waals surface area (Å²) in [4.78, 5) is 14.6. The second-order valence-electron chi connectivity index (χ2n) is 3.30. The number of aromatic carboxylic acids is 1. The first-order valence-corrected chi connectivity index (χ1v) is 4.06. The van der Waals surface area contributed by atoms with E-state index in [1.165, 1.54) is 18.5 Å². The fraction of sp³-hybridized carbons (Fsp3) is 0.333. The Hall–Kier alpha value is -1.46. The second-order valence-corrected chi connectivity index (χ2v) is 3.30. The molecule has 0 fully saturated rings. The highest BCUT2D eigenvalue weighted by molar-refractivity contribution is 5.89. The van der Waals surface area contributed by atoms with Crippen molar-refractivity contribution >= 4 is 5.97 Å². The normalized spacial score (nSPS) is 14.8. The minimum absolute atomic E-state index is 0.0686. The van der Waals surface area contributed by atoms with Crippen molar-refractivity contribution in [3.05, 3.63) is 29.6 Å². The summed E-state index contributed by atoms with van der Waals surface area (Å²) in [6, 6.07) is 1.36. The van der Waals surface area contributed by atoms with Crippen molar-refractivity contribution in [1.29, 1.82) is 0 Å². The average molecular weight is 196 g/mol. The van der Waals surface area contributed by atoms with E-state index in [-0.39, 0.29) is 12.2 Å². The van der Waals surface area contributed by atoms with Crippen LogP contribution in [-0.4, -0.2) is 27.8 Å². The first kappa shape index (κ1) is 10.6. The van der Waals surface area contributed by atoms with Crippen LogP contribution >= 0.6 is 0 Å². The van der Waals surface area contributed by atoms with Crippen molar-refractivity contribution in [3.63, 3.8) is 0 Å². The van der Waals surface area contributed by atoms with Gasteiger partial charge < -0.3 is 15.9 Å². The number of carbonyl (C=O) groups is 1. The molecule has 0 aliphatic rings. The van der Waals surface area contributed by atoms with E-state index in [4.69, 9.17) is 15.9 Å². The SMILES string of the molecule is CC(N)(CO)c1cnccc1C(=O)O. The first-order valence-electron chi connectivity index (χ1n) is 4.06. The van der Waals surface area contributed by atoms with Gasteiger partial charge in [-0.15, -0.1) is 0 Å². The standard InChI is InChI=1S/C9H12N2O3/c1-9(10,5-12)7-4-11-3-2-6(7)8(13)14/h2-4,12H,5,10H2,1H3,(H,13,14). The summed E-state index contributed by atoms with van der Waals surface area (Å²) in [5.74, 6) is -1.08. The van der Waals surface area contributed by atoms with Crippen molar-refractivity contribution in [2.75, 3.05) is 6.61 Å². The van der Waals surface area contributed by atoms with Gasteiger partial charge in [0, 0.05) is 18.0 Å². The smallest absolute Gasteiger partial charge is 0.336 e. The van der Waals surface area contributed by atoms with Crippen LogP contribution in [0.5, 0.6) is 0 Å². The van der Waals surface area contributed by atoms with E-state index >= 15 is 0 Å². The maximum atomic E-state index is 10.8. The number of aliphatic hydroxyl groups is 1. The number of rotatable bonds is 3. The molecule has 14 heavy (non-hydrogen) atoms. The maximum Gasteiger partial charge on any atom is 0.336 e. The summed E-state index contributed by atoms with van der Waals surface area (Å²) >= 11 is 0. The summed E-state index contributed by atoms with van der Waals surface area (Å²) < 4.78 is 0. The number of pyridine rings is 1. The topological polar surface area (TPSA) is 96.4 Å². The predicted octanol–water partition coefficient (Wildman–Crippen LogP) is -0.0540. The van der Waals surface area contributed by atoms with Crippen LogP contribution in [0.25, 0.3) is 0 Å². The highest BCUT2D eigenvalue weighted by Gasteiger charge is 2.25. The van der Waals surface area contributed by atoms with E-state index < -0.39 is 11.5 Å². The third kappa shape index (κ3) is 1.89. The monoisotopic (exact) mass is 196 g/mol. The zero-order valence-electron chi connectivity index (χ0n) is 7.77. The van der Waals surface area contributed by atoms with E-state index in [0.29, 0.717) is 5.56 Å². The Labute approximate surface area is 81.2 Å². The molecule has 0 spiro atoms. The molecule has 1 heterocycles. The van der Waals surface area contributed by atoms with Gasteiger partial charge in [-0.2, -0.15) is 0 Å². The molecule has 0 bridgehead atoms. The lowest BCUT2D eigenvalue weighted by atomic mass is 9.91. The molecule has 0 radical (unpaired) electrons. The lowest BCUT2D eigenvalue weighted by Crippen LogP contribution is -2.38. The highest BCUT2D eigenvalue weighted by atomic mass is 16.4. The lowest BCUT2D eigenvalue weighted by molar-refractivity contribution is 0.0692. The number of carboxylic acid groups (broad SMARTS) is 1. The van der Waals surface area contributed by atoms with Gasteiger partial charge in [0.05, 0.1) is 17.7 Å². The Morgan fingerprint density at radius 1 is 1.71 bits per heavy atom. The molecule has 76 valence electrons. The molecule has 0 amide bonds. The van der Waals surface area contributed by atoms with E-state index in [1.807, 2.05) is 0 Å². The summed E-state index contributed by atoms with van der Waals surface area (Å²) in [6.07, 6.45) is 2.74. The van der Waals surface area contributed by atoms with Crippen molar-refractivity contribution in [2.24, 2.45) is 5.73 Å². The minimum Gasteiger partial charge on any atom is -0.478 e. The van der Waals surface area contributed by atoms with Crippen LogP contribution in [-0.2, 0) is 5.54 Å². The number of nitrogens with zero attached hydrogens (tertiary/aromatic N) is 1. The van der Waals surface area contributed by atoms with Crippen molar-refractivity contribution in [2.45, 2.75) is 12.5 Å². The van der Waals surface area contributed by atoms with E-state index in [9.17, 15) is 4.79 Å². The third-order valence-corrected chi connectivity index (χ3v) is 2.00. The highest BCUT2D eigenvalue weighted by Crippen LogP contribution is 2.20. The summed E-state index contributed by atoms with van der Waals surface area (Å²) in [7, 11) is 0. The quantitative estimate of drug-likeness (QED) is 0.629. The van der Waals surface area contributed by atoms with Crippen LogP contribution in [0.4, 0.5) is 0 Å². The molecular formula is C9H12N2O3. The van der Waals surface area contributed by atoms with Gasteiger partial charge in [-0.3, -0.25) is 4.98 Å². The maximum absolute atomic E-state index is 10.8. The number of hydrogen-bond donors (Lipinski definition) is 3. The molecule has 1 unspecified atom stereocenters. The molecule has 0 saturated carbocycles. The molecule has 0 aliphatic carbocycles. The molecule has 1 rings (SSSR count). The molecule has 0 aliphatic heterocycles. The molecule has 5 nitrogen and oxygen atoms in total. The molecule has 1 aromatic heterocycles. The molecule has 1 aromatic rings. The third-order valence-electron chi connectivity index (χ3n) is 2.00. The van der Waals surface area contributed by atoms with Gasteiger partial charge in [0.15, 0.2) is 0 Å². The number of aromatic nitrogens is 1. The Morgan fingerprint density at radius 3 is 2.86 bits per heavy atom.